The van der Waals surface area contributed by atoms with E-state index >= 15 is 0 Å². The first kappa shape index (κ1) is 13.9. The van der Waals surface area contributed by atoms with Gasteiger partial charge >= 0.3 is 0 Å². The molecular weight excluding hydrogens is 236 g/mol. The molecule has 0 saturated carbocycles. The summed E-state index contributed by atoms with van der Waals surface area (Å²) < 4.78 is 1.73. The van der Waals surface area contributed by atoms with E-state index in [1.165, 1.54) is 11.8 Å². The highest BCUT2D eigenvalue weighted by atomic mass is 32.2. The molecule has 94 valence electrons. The molecule has 0 amide bonds. The molecule has 17 heavy (non-hydrogen) atoms. The number of hydrogen-bond acceptors (Lipinski definition) is 6. The predicted octanol–water partition coefficient (Wildman–Crippen LogP) is 0.923. The van der Waals surface area contributed by atoms with Gasteiger partial charge in [-0.15, -0.1) is 5.10 Å². The third-order valence-electron chi connectivity index (χ3n) is 2.02. The fourth-order valence-electron chi connectivity index (χ4n) is 1.18. The monoisotopic (exact) mass is 254 g/mol. The molecule has 7 heteroatoms. The van der Waals surface area contributed by atoms with Crippen LogP contribution >= 0.6 is 11.8 Å². The molecule has 1 aromatic heterocycles. The summed E-state index contributed by atoms with van der Waals surface area (Å²) in [4.78, 5) is 0. The smallest absolute Gasteiger partial charge is 0.210 e. The molecule has 1 atom stereocenters. The third-order valence-corrected chi connectivity index (χ3v) is 2.98. The van der Waals surface area contributed by atoms with E-state index in [2.05, 4.69) is 40.8 Å². The Balaban J connectivity index is 2.38. The Morgan fingerprint density at radius 3 is 2.88 bits per heavy atom. The average molecular weight is 254 g/mol. The van der Waals surface area contributed by atoms with Gasteiger partial charge in [0.15, 0.2) is 0 Å². The third kappa shape index (κ3) is 5.15. The summed E-state index contributed by atoms with van der Waals surface area (Å²) in [6, 6.07) is 2.15. The molecule has 0 aliphatic rings. The van der Waals surface area contributed by atoms with Crippen LogP contribution in [0.15, 0.2) is 5.16 Å². The zero-order valence-electron chi connectivity index (χ0n) is 10.4. The summed E-state index contributed by atoms with van der Waals surface area (Å²) in [5.74, 6) is 0.635. The lowest BCUT2D eigenvalue weighted by molar-refractivity contribution is 0.482. The van der Waals surface area contributed by atoms with E-state index in [-0.39, 0.29) is 5.25 Å². The highest BCUT2D eigenvalue weighted by Crippen LogP contribution is 2.18. The van der Waals surface area contributed by atoms with Crippen molar-refractivity contribution in [3.8, 4) is 6.07 Å². The van der Waals surface area contributed by atoms with Crippen molar-refractivity contribution in [2.24, 2.45) is 5.92 Å². The number of nitriles is 1. The van der Waals surface area contributed by atoms with Crippen LogP contribution in [0.1, 0.15) is 20.8 Å². The lowest BCUT2D eigenvalue weighted by atomic mass is 10.2. The average Bonchev–Trinajstić information content (AvgIpc) is 2.71. The first-order valence-electron chi connectivity index (χ1n) is 5.66. The molecule has 6 nitrogen and oxygen atoms in total. The topological polar surface area (TPSA) is 79.4 Å². The zero-order valence-corrected chi connectivity index (χ0v) is 11.2. The van der Waals surface area contributed by atoms with Gasteiger partial charge < -0.3 is 5.32 Å². The normalized spacial score (nSPS) is 12.6. The van der Waals surface area contributed by atoms with Crippen LogP contribution in [-0.4, -0.2) is 38.5 Å². The van der Waals surface area contributed by atoms with Crippen molar-refractivity contribution >= 4 is 11.8 Å². The molecule has 1 rings (SSSR count). The summed E-state index contributed by atoms with van der Waals surface area (Å²) in [5, 5.41) is 24.1. The number of aromatic nitrogens is 4. The van der Waals surface area contributed by atoms with Gasteiger partial charge in [0.1, 0.15) is 0 Å². The molecule has 1 aromatic rings. The van der Waals surface area contributed by atoms with E-state index in [4.69, 9.17) is 5.26 Å². The Kier molecular flexibility index (Phi) is 5.94. The Morgan fingerprint density at radius 1 is 1.47 bits per heavy atom. The summed E-state index contributed by atoms with van der Waals surface area (Å²) >= 11 is 1.38. The molecule has 0 aromatic carbocycles. The molecule has 1 unspecified atom stereocenters. The van der Waals surface area contributed by atoms with Gasteiger partial charge in [0.25, 0.3) is 0 Å². The van der Waals surface area contributed by atoms with Crippen LogP contribution in [0.25, 0.3) is 0 Å². The molecule has 0 aliphatic heterocycles. The van der Waals surface area contributed by atoms with E-state index in [0.29, 0.717) is 11.1 Å². The Labute approximate surface area is 106 Å². The maximum absolute atomic E-state index is 8.74. The molecule has 1 N–H and O–H groups in total. The number of tetrazole rings is 1. The molecule has 0 aliphatic carbocycles. The maximum atomic E-state index is 8.74. The van der Waals surface area contributed by atoms with Crippen molar-refractivity contribution < 1.29 is 0 Å². The molecule has 0 bridgehead atoms. The first-order chi connectivity index (χ1) is 8.13. The van der Waals surface area contributed by atoms with Gasteiger partial charge in [0.05, 0.1) is 17.9 Å². The van der Waals surface area contributed by atoms with Gasteiger partial charge in [-0.05, 0) is 29.8 Å². The fourth-order valence-corrected chi connectivity index (χ4v) is 1.88. The fraction of sp³-hybridized carbons (Fsp3) is 0.800. The van der Waals surface area contributed by atoms with Crippen LogP contribution in [0.5, 0.6) is 0 Å². The van der Waals surface area contributed by atoms with Crippen molar-refractivity contribution in [3.05, 3.63) is 0 Å². The van der Waals surface area contributed by atoms with Crippen LogP contribution in [0.2, 0.25) is 0 Å². The van der Waals surface area contributed by atoms with Crippen molar-refractivity contribution in [1.82, 2.24) is 25.5 Å². The van der Waals surface area contributed by atoms with E-state index in [1.54, 1.807) is 4.68 Å². The van der Waals surface area contributed by atoms with Crippen molar-refractivity contribution in [1.29, 1.82) is 5.26 Å². The van der Waals surface area contributed by atoms with E-state index in [1.807, 2.05) is 6.92 Å². The minimum absolute atomic E-state index is 0.136. The van der Waals surface area contributed by atoms with Crippen molar-refractivity contribution in [2.45, 2.75) is 37.7 Å². The molecular formula is C10H18N6S. The van der Waals surface area contributed by atoms with Crippen LogP contribution in [0.3, 0.4) is 0 Å². The number of nitrogens with zero attached hydrogens (tertiary/aromatic N) is 5. The van der Waals surface area contributed by atoms with Crippen LogP contribution < -0.4 is 5.32 Å². The summed E-state index contributed by atoms with van der Waals surface area (Å²) in [6.45, 7) is 8.71. The number of rotatable bonds is 7. The highest BCUT2D eigenvalue weighted by Gasteiger charge is 2.10. The van der Waals surface area contributed by atoms with Crippen LogP contribution in [-0.2, 0) is 6.54 Å². The number of nitrogens with one attached hydrogen (secondary N) is 1. The van der Waals surface area contributed by atoms with Crippen LogP contribution in [0, 0.1) is 17.2 Å². The maximum Gasteiger partial charge on any atom is 0.210 e. The molecule has 1 heterocycles. The second-order valence-electron chi connectivity index (χ2n) is 4.17. The number of hydrogen-bond donors (Lipinski definition) is 1. The van der Waals surface area contributed by atoms with Gasteiger partial charge in [-0.25, -0.2) is 4.68 Å². The quantitative estimate of drug-likeness (QED) is 0.576. The summed E-state index contributed by atoms with van der Waals surface area (Å²) in [5.41, 5.74) is 0. The second-order valence-corrected chi connectivity index (χ2v) is 5.48. The molecule has 0 fully saturated rings. The van der Waals surface area contributed by atoms with Crippen molar-refractivity contribution in [3.63, 3.8) is 0 Å². The first-order valence-corrected chi connectivity index (χ1v) is 6.54. The number of thioether (sulfide) groups is 1. The largest absolute Gasteiger partial charge is 0.315 e. The van der Waals surface area contributed by atoms with E-state index < -0.39 is 0 Å². The Hall–Kier alpha value is -1.13. The Bertz CT molecular complexity index is 369. The highest BCUT2D eigenvalue weighted by molar-refractivity contribution is 8.00. The lowest BCUT2D eigenvalue weighted by Crippen LogP contribution is -2.24. The Morgan fingerprint density at radius 2 is 2.24 bits per heavy atom. The SMILES string of the molecule is CC(C)CNCCn1nnnc1SC(C)C#N. The van der Waals surface area contributed by atoms with Gasteiger partial charge in [-0.2, -0.15) is 5.26 Å². The predicted molar refractivity (Wildman–Crippen MR) is 66.5 cm³/mol. The van der Waals surface area contributed by atoms with E-state index in [9.17, 15) is 0 Å². The van der Waals surface area contributed by atoms with Gasteiger partial charge in [0.2, 0.25) is 5.16 Å². The van der Waals surface area contributed by atoms with Gasteiger partial charge in [0, 0.05) is 6.54 Å². The van der Waals surface area contributed by atoms with Crippen LogP contribution in [0.4, 0.5) is 0 Å². The molecule has 0 spiro atoms. The van der Waals surface area contributed by atoms with E-state index in [0.717, 1.165) is 19.6 Å². The zero-order chi connectivity index (χ0) is 12.7. The minimum atomic E-state index is -0.136. The molecule has 0 radical (unpaired) electrons. The van der Waals surface area contributed by atoms with Gasteiger partial charge in [-0.3, -0.25) is 0 Å². The second kappa shape index (κ2) is 7.25. The summed E-state index contributed by atoms with van der Waals surface area (Å²) in [7, 11) is 0. The standard InChI is InChI=1S/C10H18N6S/c1-8(2)7-12-4-5-16-10(13-14-15-16)17-9(3)6-11/h8-9,12H,4-5,7H2,1-3H3. The summed E-state index contributed by atoms with van der Waals surface area (Å²) in [6.07, 6.45) is 0. The molecule has 0 saturated heterocycles. The van der Waals surface area contributed by atoms with Gasteiger partial charge in [-0.1, -0.05) is 25.6 Å². The lowest BCUT2D eigenvalue weighted by Gasteiger charge is -2.08. The minimum Gasteiger partial charge on any atom is -0.315 e. The van der Waals surface area contributed by atoms with Crippen molar-refractivity contribution in [2.75, 3.05) is 13.1 Å².